The molecule has 29 heavy (non-hydrogen) atoms. The number of amides is 2. The Hall–Kier alpha value is -2.04. The second-order valence-electron chi connectivity index (χ2n) is 6.92. The molecule has 1 fully saturated rings. The van der Waals surface area contributed by atoms with E-state index in [1.165, 1.54) is 0 Å². The zero-order valence-electron chi connectivity index (χ0n) is 17.1. The van der Waals surface area contributed by atoms with Crippen LogP contribution in [0.15, 0.2) is 29.3 Å². The molecule has 0 saturated carbocycles. The van der Waals surface area contributed by atoms with E-state index in [4.69, 9.17) is 10.5 Å². The third kappa shape index (κ3) is 8.88. The van der Waals surface area contributed by atoms with Crippen LogP contribution >= 0.6 is 24.0 Å². The highest BCUT2D eigenvalue weighted by atomic mass is 127. The fraction of sp³-hybridized carbons (Fsp3) is 0.550. The summed E-state index contributed by atoms with van der Waals surface area (Å²) in [5.74, 6) is 1.31. The number of ether oxygens (including phenoxy) is 1. The van der Waals surface area contributed by atoms with Crippen LogP contribution in [0.2, 0.25) is 0 Å². The highest BCUT2D eigenvalue weighted by molar-refractivity contribution is 14.0. The number of nitrogens with zero attached hydrogens (tertiary/aromatic N) is 2. The average Bonchev–Trinajstić information content (AvgIpc) is 2.69. The molecule has 1 unspecified atom stereocenters. The number of halogens is 1. The summed E-state index contributed by atoms with van der Waals surface area (Å²) >= 11 is 0. The van der Waals surface area contributed by atoms with Crippen LogP contribution in [0.5, 0.6) is 5.75 Å². The predicted octanol–water partition coefficient (Wildman–Crippen LogP) is 1.48. The van der Waals surface area contributed by atoms with Crippen molar-refractivity contribution in [3.05, 3.63) is 29.8 Å². The monoisotopic (exact) mass is 517 g/mol. The average molecular weight is 517 g/mol. The Morgan fingerprint density at radius 3 is 2.62 bits per heavy atom. The van der Waals surface area contributed by atoms with Gasteiger partial charge in [0.1, 0.15) is 12.3 Å². The molecule has 1 atom stereocenters. The van der Waals surface area contributed by atoms with Crippen LogP contribution in [0.25, 0.3) is 0 Å². The number of nitrogens with two attached hydrogens (primary N) is 1. The number of rotatable bonds is 8. The lowest BCUT2D eigenvalue weighted by Crippen LogP contribution is -2.47. The summed E-state index contributed by atoms with van der Waals surface area (Å²) in [5.41, 5.74) is 6.33. The first kappa shape index (κ1) is 25.0. The minimum Gasteiger partial charge on any atom is -0.497 e. The van der Waals surface area contributed by atoms with Crippen molar-refractivity contribution >= 4 is 41.8 Å². The Labute approximate surface area is 189 Å². The molecule has 1 aliphatic heterocycles. The number of piperidine rings is 1. The highest BCUT2D eigenvalue weighted by Crippen LogP contribution is 2.19. The molecule has 1 aromatic rings. The van der Waals surface area contributed by atoms with E-state index in [2.05, 4.69) is 20.5 Å². The van der Waals surface area contributed by atoms with Crippen molar-refractivity contribution < 1.29 is 14.3 Å². The smallest absolute Gasteiger partial charge is 0.242 e. The molecule has 4 N–H and O–H groups in total. The maximum atomic E-state index is 12.2. The Morgan fingerprint density at radius 1 is 1.28 bits per heavy atom. The third-order valence-corrected chi connectivity index (χ3v) is 4.66. The summed E-state index contributed by atoms with van der Waals surface area (Å²) in [6.07, 6.45) is 2.35. The van der Waals surface area contributed by atoms with E-state index < -0.39 is 0 Å². The molecule has 1 aliphatic rings. The number of carbonyl (C=O) groups is 2. The molecule has 1 aromatic carbocycles. The molecule has 9 heteroatoms. The van der Waals surface area contributed by atoms with Gasteiger partial charge in [-0.15, -0.1) is 24.0 Å². The predicted molar refractivity (Wildman–Crippen MR) is 124 cm³/mol. The summed E-state index contributed by atoms with van der Waals surface area (Å²) in [6.45, 7) is 4.78. The summed E-state index contributed by atoms with van der Waals surface area (Å²) in [7, 11) is 1.62. The Kier molecular flexibility index (Phi) is 11.4. The number of benzene rings is 1. The van der Waals surface area contributed by atoms with Gasteiger partial charge in [0.15, 0.2) is 5.96 Å². The van der Waals surface area contributed by atoms with Gasteiger partial charge in [-0.2, -0.15) is 0 Å². The van der Waals surface area contributed by atoms with Crippen molar-refractivity contribution in [3.8, 4) is 5.75 Å². The molecule has 1 heterocycles. The van der Waals surface area contributed by atoms with Gasteiger partial charge in [-0.25, -0.2) is 4.99 Å². The van der Waals surface area contributed by atoms with Crippen LogP contribution in [-0.2, 0) is 16.1 Å². The molecule has 0 aliphatic carbocycles. The number of hydrogen-bond acceptors (Lipinski definition) is 4. The fourth-order valence-corrected chi connectivity index (χ4v) is 3.28. The number of guanidine groups is 1. The maximum Gasteiger partial charge on any atom is 0.242 e. The normalized spacial score (nSPS) is 16.6. The number of hydrogen-bond donors (Lipinski definition) is 3. The van der Waals surface area contributed by atoms with Crippen molar-refractivity contribution in [1.82, 2.24) is 15.5 Å². The van der Waals surface area contributed by atoms with E-state index in [9.17, 15) is 9.59 Å². The van der Waals surface area contributed by atoms with E-state index in [1.807, 2.05) is 31.2 Å². The summed E-state index contributed by atoms with van der Waals surface area (Å²) in [5, 5.41) is 6.11. The van der Waals surface area contributed by atoms with E-state index in [-0.39, 0.29) is 48.3 Å². The summed E-state index contributed by atoms with van der Waals surface area (Å²) in [6, 6.07) is 7.56. The summed E-state index contributed by atoms with van der Waals surface area (Å²) in [4.78, 5) is 30.0. The standard InChI is InChI=1S/C20H31N5O3.HI/c1-3-22-20(25-10-4-5-16(14-25)11-18(21)26)24-13-19(27)23-12-15-6-8-17(28-2)9-7-15;/h6-9,16H,3-5,10-14H2,1-2H3,(H2,21,26)(H,22,24)(H,23,27);1H. The molecule has 0 aromatic heterocycles. The fourth-order valence-electron chi connectivity index (χ4n) is 3.28. The summed E-state index contributed by atoms with van der Waals surface area (Å²) < 4.78 is 5.13. The minimum absolute atomic E-state index is 0. The maximum absolute atomic E-state index is 12.2. The number of nitrogens with one attached hydrogen (secondary N) is 2. The topological polar surface area (TPSA) is 109 Å². The zero-order valence-corrected chi connectivity index (χ0v) is 19.5. The highest BCUT2D eigenvalue weighted by Gasteiger charge is 2.23. The second kappa shape index (κ2) is 13.2. The Balaban J connectivity index is 0.00000420. The number of methoxy groups -OCH3 is 1. The van der Waals surface area contributed by atoms with E-state index in [0.29, 0.717) is 25.5 Å². The van der Waals surface area contributed by atoms with Gasteiger partial charge in [0.25, 0.3) is 0 Å². The molecule has 0 bridgehead atoms. The molecule has 2 rings (SSSR count). The van der Waals surface area contributed by atoms with Gasteiger partial charge in [-0.3, -0.25) is 9.59 Å². The van der Waals surface area contributed by atoms with Gasteiger partial charge >= 0.3 is 0 Å². The van der Waals surface area contributed by atoms with Gasteiger partial charge in [-0.1, -0.05) is 12.1 Å². The van der Waals surface area contributed by atoms with Gasteiger partial charge in [-0.05, 0) is 43.4 Å². The van der Waals surface area contributed by atoms with Gasteiger partial charge < -0.3 is 26.0 Å². The van der Waals surface area contributed by atoms with Crippen LogP contribution in [0.1, 0.15) is 31.7 Å². The first-order valence-electron chi connectivity index (χ1n) is 9.73. The van der Waals surface area contributed by atoms with Crippen LogP contribution < -0.4 is 21.1 Å². The molecule has 162 valence electrons. The molecule has 8 nitrogen and oxygen atoms in total. The number of likely N-dealkylation sites (tertiary alicyclic amines) is 1. The van der Waals surface area contributed by atoms with Crippen molar-refractivity contribution in [2.24, 2.45) is 16.6 Å². The van der Waals surface area contributed by atoms with Crippen LogP contribution in [0, 0.1) is 5.92 Å². The number of aliphatic imine (C=N–C) groups is 1. The number of primary amides is 1. The van der Waals surface area contributed by atoms with Crippen molar-refractivity contribution in [1.29, 1.82) is 0 Å². The van der Waals surface area contributed by atoms with Crippen LogP contribution in [0.3, 0.4) is 0 Å². The first-order chi connectivity index (χ1) is 13.5. The van der Waals surface area contributed by atoms with Crippen LogP contribution in [0.4, 0.5) is 0 Å². The van der Waals surface area contributed by atoms with Crippen molar-refractivity contribution in [2.45, 2.75) is 32.7 Å². The SMILES string of the molecule is CCNC(=NCC(=O)NCc1ccc(OC)cc1)N1CCCC(CC(N)=O)C1.I. The molecule has 1 saturated heterocycles. The quantitative estimate of drug-likeness (QED) is 0.275. The first-order valence-corrected chi connectivity index (χ1v) is 9.73. The Bertz CT molecular complexity index is 681. The second-order valence-corrected chi connectivity index (χ2v) is 6.92. The van der Waals surface area contributed by atoms with Crippen molar-refractivity contribution in [3.63, 3.8) is 0 Å². The lowest BCUT2D eigenvalue weighted by molar-refractivity contribution is -0.120. The van der Waals surface area contributed by atoms with E-state index in [0.717, 1.165) is 37.2 Å². The lowest BCUT2D eigenvalue weighted by atomic mass is 9.95. The zero-order chi connectivity index (χ0) is 20.4. The molecular weight excluding hydrogens is 485 g/mol. The number of carbonyl (C=O) groups excluding carboxylic acids is 2. The van der Waals surface area contributed by atoms with Crippen LogP contribution in [-0.4, -0.2) is 56.0 Å². The van der Waals surface area contributed by atoms with Gasteiger partial charge in [0.2, 0.25) is 11.8 Å². The van der Waals surface area contributed by atoms with Gasteiger partial charge in [0.05, 0.1) is 7.11 Å². The van der Waals surface area contributed by atoms with Gasteiger partial charge in [0, 0.05) is 32.6 Å². The molecule has 2 amide bonds. The molecular formula is C20H32IN5O3. The largest absolute Gasteiger partial charge is 0.497 e. The molecule has 0 radical (unpaired) electrons. The van der Waals surface area contributed by atoms with Crippen molar-refractivity contribution in [2.75, 3.05) is 33.3 Å². The Morgan fingerprint density at radius 2 is 2.00 bits per heavy atom. The van der Waals surface area contributed by atoms with E-state index in [1.54, 1.807) is 7.11 Å². The third-order valence-electron chi connectivity index (χ3n) is 4.66. The molecule has 0 spiro atoms. The minimum atomic E-state index is -0.272. The lowest BCUT2D eigenvalue weighted by Gasteiger charge is -2.34. The van der Waals surface area contributed by atoms with E-state index >= 15 is 0 Å².